The lowest BCUT2D eigenvalue weighted by Crippen LogP contribution is -2.50. The van der Waals surface area contributed by atoms with Gasteiger partial charge in [-0.1, -0.05) is 0 Å². The molecule has 9 heteroatoms. The van der Waals surface area contributed by atoms with E-state index < -0.39 is 10.0 Å². The van der Waals surface area contributed by atoms with Crippen molar-refractivity contribution < 1.29 is 13.2 Å². The third-order valence-electron chi connectivity index (χ3n) is 3.57. The molecule has 0 saturated carbocycles. The molecule has 1 fully saturated rings. The predicted molar refractivity (Wildman–Crippen MR) is 76.3 cm³/mol. The van der Waals surface area contributed by atoms with Crippen LogP contribution in [0.15, 0.2) is 11.1 Å². The molecule has 1 amide bonds. The van der Waals surface area contributed by atoms with Gasteiger partial charge in [-0.3, -0.25) is 9.59 Å². The first-order valence-corrected chi connectivity index (χ1v) is 8.40. The second kappa shape index (κ2) is 5.94. The maximum Gasteiger partial charge on any atom is 0.253 e. The third kappa shape index (κ3) is 3.67. The van der Waals surface area contributed by atoms with E-state index in [0.717, 1.165) is 6.26 Å². The highest BCUT2D eigenvalue weighted by atomic mass is 32.2. The Bertz CT molecular complexity index is 689. The summed E-state index contributed by atoms with van der Waals surface area (Å²) in [7, 11) is -3.21. The number of carbonyl (C=O) groups is 1. The number of nitrogens with one attached hydrogen (secondary N) is 1. The molecule has 0 unspecified atom stereocenters. The van der Waals surface area contributed by atoms with E-state index in [1.807, 2.05) is 0 Å². The third-order valence-corrected chi connectivity index (χ3v) is 4.87. The fraction of sp³-hybridized carbons (Fsp3) is 0.583. The first kappa shape index (κ1) is 15.6. The highest BCUT2D eigenvalue weighted by Gasteiger charge is 2.26. The molecule has 0 atom stereocenters. The zero-order valence-corrected chi connectivity index (χ0v) is 12.8. The Hall–Kier alpha value is -1.74. The molecule has 0 spiro atoms. The molecule has 1 saturated heterocycles. The monoisotopic (exact) mass is 314 g/mol. The summed E-state index contributed by atoms with van der Waals surface area (Å²) in [6.45, 7) is 2.93. The van der Waals surface area contributed by atoms with Gasteiger partial charge in [0.1, 0.15) is 0 Å². The zero-order chi connectivity index (χ0) is 15.6. The van der Waals surface area contributed by atoms with E-state index in [4.69, 9.17) is 0 Å². The lowest BCUT2D eigenvalue weighted by molar-refractivity contribution is -0.131. The smallest absolute Gasteiger partial charge is 0.253 e. The van der Waals surface area contributed by atoms with Crippen molar-refractivity contribution in [3.8, 4) is 0 Å². The second-order valence-corrected chi connectivity index (χ2v) is 7.01. The van der Waals surface area contributed by atoms with Crippen LogP contribution < -0.4 is 5.56 Å². The number of amides is 1. The van der Waals surface area contributed by atoms with Crippen LogP contribution >= 0.6 is 0 Å². The second-order valence-electron chi connectivity index (χ2n) is 5.02. The van der Waals surface area contributed by atoms with Crippen molar-refractivity contribution in [2.75, 3.05) is 32.4 Å². The number of rotatable bonds is 3. The standard InChI is InChI=1S/C12H18N4O4S/c1-9-10(13-8-14-12(9)18)7-11(17)15-3-5-16(6-4-15)21(2,19)20/h8H,3-7H2,1-2H3,(H,13,14,18). The molecule has 1 N–H and O–H groups in total. The van der Waals surface area contributed by atoms with Gasteiger partial charge in [0.25, 0.3) is 5.56 Å². The fourth-order valence-electron chi connectivity index (χ4n) is 2.21. The number of aromatic nitrogens is 2. The largest absolute Gasteiger partial charge is 0.340 e. The molecule has 1 aromatic rings. The van der Waals surface area contributed by atoms with Crippen LogP contribution in [-0.4, -0.2) is 65.9 Å². The Labute approximate surface area is 122 Å². The van der Waals surface area contributed by atoms with E-state index in [2.05, 4.69) is 9.97 Å². The topological polar surface area (TPSA) is 103 Å². The number of aromatic amines is 1. The Balaban J connectivity index is 2.00. The average Bonchev–Trinajstić information content (AvgIpc) is 2.43. The van der Waals surface area contributed by atoms with Crippen molar-refractivity contribution in [1.29, 1.82) is 0 Å². The van der Waals surface area contributed by atoms with Crippen LogP contribution in [0.2, 0.25) is 0 Å². The van der Waals surface area contributed by atoms with Crippen LogP contribution in [0, 0.1) is 6.92 Å². The van der Waals surface area contributed by atoms with Gasteiger partial charge in [-0.15, -0.1) is 0 Å². The van der Waals surface area contributed by atoms with Gasteiger partial charge in [0.15, 0.2) is 0 Å². The minimum atomic E-state index is -3.21. The van der Waals surface area contributed by atoms with Crippen LogP contribution in [-0.2, 0) is 21.2 Å². The van der Waals surface area contributed by atoms with Gasteiger partial charge in [-0.25, -0.2) is 13.4 Å². The first-order chi connectivity index (χ1) is 9.79. The number of piperazine rings is 1. The summed E-state index contributed by atoms with van der Waals surface area (Å²) in [4.78, 5) is 31.7. The minimum Gasteiger partial charge on any atom is -0.340 e. The van der Waals surface area contributed by atoms with E-state index in [9.17, 15) is 18.0 Å². The van der Waals surface area contributed by atoms with Crippen LogP contribution in [0.3, 0.4) is 0 Å². The van der Waals surface area contributed by atoms with Crippen LogP contribution in [0.1, 0.15) is 11.3 Å². The SMILES string of the molecule is Cc1c(CC(=O)N2CCN(S(C)(=O)=O)CC2)nc[nH]c1=O. The molecule has 2 rings (SSSR count). The van der Waals surface area contributed by atoms with Gasteiger partial charge >= 0.3 is 0 Å². The van der Waals surface area contributed by atoms with Crippen molar-refractivity contribution >= 4 is 15.9 Å². The minimum absolute atomic E-state index is 0.0502. The van der Waals surface area contributed by atoms with E-state index >= 15 is 0 Å². The number of nitrogens with zero attached hydrogens (tertiary/aromatic N) is 3. The lowest BCUT2D eigenvalue weighted by atomic mass is 10.1. The molecule has 1 aromatic heterocycles. The molecule has 0 aromatic carbocycles. The lowest BCUT2D eigenvalue weighted by Gasteiger charge is -2.33. The summed E-state index contributed by atoms with van der Waals surface area (Å²) in [6, 6.07) is 0. The summed E-state index contributed by atoms with van der Waals surface area (Å²) in [5.74, 6) is -0.149. The number of sulfonamides is 1. The number of hydrogen-bond acceptors (Lipinski definition) is 5. The molecule has 1 aliphatic rings. The van der Waals surface area contributed by atoms with Crippen molar-refractivity contribution in [3.63, 3.8) is 0 Å². The highest BCUT2D eigenvalue weighted by Crippen LogP contribution is 2.08. The summed E-state index contributed by atoms with van der Waals surface area (Å²) in [5.41, 5.74) is 0.629. The summed E-state index contributed by atoms with van der Waals surface area (Å²) >= 11 is 0. The maximum absolute atomic E-state index is 12.2. The fourth-order valence-corrected chi connectivity index (χ4v) is 3.03. The quantitative estimate of drug-likeness (QED) is 0.749. The normalized spacial score (nSPS) is 17.0. The molecular formula is C12H18N4O4S. The highest BCUT2D eigenvalue weighted by molar-refractivity contribution is 7.88. The molecule has 21 heavy (non-hydrogen) atoms. The predicted octanol–water partition coefficient (Wildman–Crippen LogP) is -1.28. The Morgan fingerprint density at radius 1 is 1.33 bits per heavy atom. The van der Waals surface area contributed by atoms with Gasteiger partial charge in [-0.05, 0) is 6.92 Å². The van der Waals surface area contributed by atoms with Crippen LogP contribution in [0.4, 0.5) is 0 Å². The number of hydrogen-bond donors (Lipinski definition) is 1. The van der Waals surface area contributed by atoms with E-state index in [1.165, 1.54) is 10.6 Å². The van der Waals surface area contributed by atoms with Crippen LogP contribution in [0.5, 0.6) is 0 Å². The molecule has 8 nitrogen and oxygen atoms in total. The van der Waals surface area contributed by atoms with Gasteiger partial charge < -0.3 is 9.88 Å². The Morgan fingerprint density at radius 3 is 2.52 bits per heavy atom. The maximum atomic E-state index is 12.2. The van der Waals surface area contributed by atoms with E-state index in [1.54, 1.807) is 11.8 Å². The zero-order valence-electron chi connectivity index (χ0n) is 12.0. The number of H-pyrrole nitrogens is 1. The van der Waals surface area contributed by atoms with Gasteiger partial charge in [0, 0.05) is 31.7 Å². The molecule has 0 radical (unpaired) electrons. The van der Waals surface area contributed by atoms with E-state index in [-0.39, 0.29) is 17.9 Å². The van der Waals surface area contributed by atoms with Gasteiger partial charge in [0.05, 0.1) is 24.7 Å². The van der Waals surface area contributed by atoms with Crippen LogP contribution in [0.25, 0.3) is 0 Å². The van der Waals surface area contributed by atoms with E-state index in [0.29, 0.717) is 37.4 Å². The van der Waals surface area contributed by atoms with Crippen molar-refractivity contribution in [2.45, 2.75) is 13.3 Å². The molecule has 116 valence electrons. The van der Waals surface area contributed by atoms with Crippen molar-refractivity contribution in [2.24, 2.45) is 0 Å². The molecule has 0 aliphatic carbocycles. The molecular weight excluding hydrogens is 296 g/mol. The number of carbonyl (C=O) groups excluding carboxylic acids is 1. The summed E-state index contributed by atoms with van der Waals surface area (Å²) in [5, 5.41) is 0. The summed E-state index contributed by atoms with van der Waals surface area (Å²) in [6.07, 6.45) is 2.49. The van der Waals surface area contributed by atoms with Crippen molar-refractivity contribution in [3.05, 3.63) is 27.9 Å². The van der Waals surface area contributed by atoms with Gasteiger partial charge in [0.2, 0.25) is 15.9 Å². The average molecular weight is 314 g/mol. The molecule has 2 heterocycles. The first-order valence-electron chi connectivity index (χ1n) is 6.55. The van der Waals surface area contributed by atoms with Gasteiger partial charge in [-0.2, -0.15) is 4.31 Å². The Kier molecular flexibility index (Phi) is 4.43. The van der Waals surface area contributed by atoms with Crippen molar-refractivity contribution in [1.82, 2.24) is 19.2 Å². The Morgan fingerprint density at radius 2 is 1.95 bits per heavy atom. The summed E-state index contributed by atoms with van der Waals surface area (Å²) < 4.78 is 24.2. The molecule has 0 bridgehead atoms. The molecule has 1 aliphatic heterocycles.